The van der Waals surface area contributed by atoms with Gasteiger partial charge in [0.25, 0.3) is 11.8 Å². The van der Waals surface area contributed by atoms with Crippen molar-refractivity contribution in [1.82, 2.24) is 14.9 Å². The number of benzene rings is 1. The van der Waals surface area contributed by atoms with E-state index in [0.29, 0.717) is 11.3 Å². The quantitative estimate of drug-likeness (QED) is 0.659. The molecule has 2 aromatic rings. The zero-order chi connectivity index (χ0) is 16.1. The number of carbonyl (C=O) groups is 2. The van der Waals surface area contributed by atoms with Crippen molar-refractivity contribution in [2.75, 3.05) is 0 Å². The van der Waals surface area contributed by atoms with E-state index in [0.717, 1.165) is 24.0 Å². The number of hydrogen-bond acceptors (Lipinski definition) is 3. The molecule has 0 saturated carbocycles. The fourth-order valence-electron chi connectivity index (χ4n) is 3.89. The largest absolute Gasteiger partial charge is 0.347 e. The summed E-state index contributed by atoms with van der Waals surface area (Å²) in [6, 6.07) is 9.14. The first-order chi connectivity index (χ1) is 11.1. The Kier molecular flexibility index (Phi) is 3.02. The highest BCUT2D eigenvalue weighted by Crippen LogP contribution is 2.53. The molecule has 3 heterocycles. The van der Waals surface area contributed by atoms with Gasteiger partial charge in [-0.1, -0.05) is 6.07 Å². The van der Waals surface area contributed by atoms with Gasteiger partial charge in [-0.3, -0.25) is 14.8 Å². The zero-order valence-electron chi connectivity index (χ0n) is 12.7. The molecular formula is C17H17N3O3. The van der Waals surface area contributed by atoms with Gasteiger partial charge < -0.3 is 9.47 Å². The molecule has 0 aliphatic carbocycles. The highest BCUT2D eigenvalue weighted by molar-refractivity contribution is 5.95. The van der Waals surface area contributed by atoms with Crippen LogP contribution in [0, 0.1) is 0 Å². The van der Waals surface area contributed by atoms with Gasteiger partial charge in [-0.15, -0.1) is 0 Å². The SMILES string of the molecule is Cn1cccc1C(=O)N1C2CCC1c1cc(C(=O)NO)ccc12. The molecule has 6 nitrogen and oxygen atoms in total. The van der Waals surface area contributed by atoms with Crippen LogP contribution >= 0.6 is 0 Å². The molecule has 2 amide bonds. The highest BCUT2D eigenvalue weighted by Gasteiger charge is 2.47. The Bertz CT molecular complexity index is 811. The predicted octanol–water partition coefficient (Wildman–Crippen LogP) is 2.18. The Hall–Kier alpha value is -2.60. The first-order valence-corrected chi connectivity index (χ1v) is 7.64. The van der Waals surface area contributed by atoms with Crippen LogP contribution in [0.4, 0.5) is 0 Å². The van der Waals surface area contributed by atoms with Gasteiger partial charge in [-0.2, -0.15) is 0 Å². The Morgan fingerprint density at radius 1 is 1.17 bits per heavy atom. The molecule has 4 rings (SSSR count). The van der Waals surface area contributed by atoms with E-state index in [2.05, 4.69) is 0 Å². The maximum absolute atomic E-state index is 12.9. The molecule has 2 aliphatic rings. The molecule has 2 N–H and O–H groups in total. The molecule has 1 saturated heterocycles. The van der Waals surface area contributed by atoms with Crippen molar-refractivity contribution in [2.24, 2.45) is 7.05 Å². The van der Waals surface area contributed by atoms with Gasteiger partial charge in [0.2, 0.25) is 0 Å². The average molecular weight is 311 g/mol. The van der Waals surface area contributed by atoms with E-state index >= 15 is 0 Å². The third-order valence-corrected chi connectivity index (χ3v) is 4.95. The van der Waals surface area contributed by atoms with Gasteiger partial charge in [-0.25, -0.2) is 5.48 Å². The predicted molar refractivity (Wildman–Crippen MR) is 82.0 cm³/mol. The third kappa shape index (κ3) is 1.91. The lowest BCUT2D eigenvalue weighted by Gasteiger charge is -2.22. The second kappa shape index (κ2) is 4.96. The highest BCUT2D eigenvalue weighted by atomic mass is 16.5. The molecule has 2 bridgehead atoms. The maximum atomic E-state index is 12.9. The van der Waals surface area contributed by atoms with E-state index in [1.807, 2.05) is 40.9 Å². The standard InChI is InChI=1S/C17H17N3O3/c1-19-8-2-3-15(19)17(22)20-13-6-7-14(20)12-9-10(16(21)18-23)4-5-11(12)13/h2-5,8-9,13-14,23H,6-7H2,1H3,(H,18,21). The maximum Gasteiger partial charge on any atom is 0.274 e. The summed E-state index contributed by atoms with van der Waals surface area (Å²) in [5.41, 5.74) is 4.86. The Labute approximate surface area is 133 Å². The van der Waals surface area contributed by atoms with Gasteiger partial charge in [-0.05, 0) is 48.2 Å². The first kappa shape index (κ1) is 14.0. The fraction of sp³-hybridized carbons (Fsp3) is 0.294. The van der Waals surface area contributed by atoms with Gasteiger partial charge >= 0.3 is 0 Å². The summed E-state index contributed by atoms with van der Waals surface area (Å²) in [7, 11) is 1.86. The summed E-state index contributed by atoms with van der Waals surface area (Å²) < 4.78 is 1.83. The lowest BCUT2D eigenvalue weighted by molar-refractivity contribution is 0.0686. The van der Waals surface area contributed by atoms with Crippen LogP contribution in [-0.2, 0) is 7.05 Å². The van der Waals surface area contributed by atoms with Crippen molar-refractivity contribution in [1.29, 1.82) is 0 Å². The van der Waals surface area contributed by atoms with E-state index in [1.54, 1.807) is 17.6 Å². The molecule has 2 aliphatic heterocycles. The van der Waals surface area contributed by atoms with Crippen molar-refractivity contribution >= 4 is 11.8 Å². The van der Waals surface area contributed by atoms with Crippen molar-refractivity contribution in [2.45, 2.75) is 24.9 Å². The number of amides is 2. The summed E-state index contributed by atoms with van der Waals surface area (Å²) in [5, 5.41) is 8.80. The van der Waals surface area contributed by atoms with Crippen LogP contribution in [0.1, 0.15) is 56.9 Å². The lowest BCUT2D eigenvalue weighted by atomic mass is 9.90. The first-order valence-electron chi connectivity index (χ1n) is 7.64. The topological polar surface area (TPSA) is 74.6 Å². The van der Waals surface area contributed by atoms with E-state index in [9.17, 15) is 9.59 Å². The van der Waals surface area contributed by atoms with E-state index in [-0.39, 0.29) is 18.0 Å². The van der Waals surface area contributed by atoms with Gasteiger partial charge in [0, 0.05) is 18.8 Å². The number of rotatable bonds is 2. The second-order valence-electron chi connectivity index (χ2n) is 6.11. The summed E-state index contributed by atoms with van der Waals surface area (Å²) in [6.07, 6.45) is 3.71. The van der Waals surface area contributed by atoms with Crippen LogP contribution in [0.3, 0.4) is 0 Å². The van der Waals surface area contributed by atoms with Gasteiger partial charge in [0.05, 0.1) is 12.1 Å². The molecule has 2 unspecified atom stereocenters. The van der Waals surface area contributed by atoms with Crippen LogP contribution < -0.4 is 5.48 Å². The van der Waals surface area contributed by atoms with Crippen molar-refractivity contribution < 1.29 is 14.8 Å². The summed E-state index contributed by atoms with van der Waals surface area (Å²) in [4.78, 5) is 26.5. The number of nitrogens with one attached hydrogen (secondary N) is 1. The van der Waals surface area contributed by atoms with E-state index < -0.39 is 5.91 Å². The third-order valence-electron chi connectivity index (χ3n) is 4.95. The monoisotopic (exact) mass is 311 g/mol. The minimum Gasteiger partial charge on any atom is -0.347 e. The van der Waals surface area contributed by atoms with E-state index in [4.69, 9.17) is 5.21 Å². The minimum atomic E-state index is -0.532. The van der Waals surface area contributed by atoms with Gasteiger partial charge in [0.1, 0.15) is 5.69 Å². The Balaban J connectivity index is 1.72. The smallest absolute Gasteiger partial charge is 0.274 e. The average Bonchev–Trinajstić information content (AvgIpc) is 3.26. The van der Waals surface area contributed by atoms with Gasteiger partial charge in [0.15, 0.2) is 0 Å². The second-order valence-corrected chi connectivity index (χ2v) is 6.11. The number of fused-ring (bicyclic) bond motifs is 5. The summed E-state index contributed by atoms with van der Waals surface area (Å²) in [5.74, 6) is -0.509. The molecule has 6 heteroatoms. The zero-order valence-corrected chi connectivity index (χ0v) is 12.7. The molecule has 0 spiro atoms. The molecule has 118 valence electrons. The summed E-state index contributed by atoms with van der Waals surface area (Å²) >= 11 is 0. The molecule has 23 heavy (non-hydrogen) atoms. The molecule has 2 atom stereocenters. The number of nitrogens with zero attached hydrogens (tertiary/aromatic N) is 2. The Morgan fingerprint density at radius 3 is 2.57 bits per heavy atom. The normalized spacial score (nSPS) is 21.4. The van der Waals surface area contributed by atoms with Crippen LogP contribution in [0.5, 0.6) is 0 Å². The lowest BCUT2D eigenvalue weighted by Crippen LogP contribution is -2.29. The molecule has 0 radical (unpaired) electrons. The number of aryl methyl sites for hydroxylation is 1. The number of aromatic nitrogens is 1. The fourth-order valence-corrected chi connectivity index (χ4v) is 3.89. The van der Waals surface area contributed by atoms with Crippen molar-refractivity contribution in [3.63, 3.8) is 0 Å². The van der Waals surface area contributed by atoms with E-state index in [1.165, 1.54) is 0 Å². The molecular weight excluding hydrogens is 294 g/mol. The molecule has 1 aromatic heterocycles. The number of hydroxylamine groups is 1. The Morgan fingerprint density at radius 2 is 1.91 bits per heavy atom. The van der Waals surface area contributed by atoms with Crippen LogP contribution in [0.2, 0.25) is 0 Å². The van der Waals surface area contributed by atoms with Crippen LogP contribution in [0.15, 0.2) is 36.5 Å². The van der Waals surface area contributed by atoms with Crippen molar-refractivity contribution in [3.8, 4) is 0 Å². The minimum absolute atomic E-state index is 0.00356. The number of hydrogen-bond donors (Lipinski definition) is 2. The van der Waals surface area contributed by atoms with Crippen LogP contribution in [-0.4, -0.2) is 26.5 Å². The number of carbonyl (C=O) groups excluding carboxylic acids is 2. The van der Waals surface area contributed by atoms with Crippen LogP contribution in [0.25, 0.3) is 0 Å². The molecule has 1 aromatic carbocycles. The van der Waals surface area contributed by atoms with Crippen molar-refractivity contribution in [3.05, 3.63) is 58.9 Å². The summed E-state index contributed by atoms with van der Waals surface area (Å²) in [6.45, 7) is 0. The molecule has 1 fully saturated rings.